The minimum absolute atomic E-state index is 0.273. The molecule has 0 aliphatic carbocycles. The van der Waals surface area contributed by atoms with E-state index in [1.807, 2.05) is 24.3 Å². The first-order chi connectivity index (χ1) is 6.33. The van der Waals surface area contributed by atoms with Crippen LogP contribution < -0.4 is 0 Å². The van der Waals surface area contributed by atoms with Gasteiger partial charge in [0.1, 0.15) is 5.75 Å². The van der Waals surface area contributed by atoms with Crippen molar-refractivity contribution in [2.45, 2.75) is 0 Å². The molecular weight excluding hydrogens is 160 g/mol. The van der Waals surface area contributed by atoms with Gasteiger partial charge in [-0.2, -0.15) is 0 Å². The summed E-state index contributed by atoms with van der Waals surface area (Å²) in [5.74, 6) is 2.86. The summed E-state index contributed by atoms with van der Waals surface area (Å²) in [7, 11) is 0. The molecule has 62 valence electrons. The topological polar surface area (TPSA) is 20.2 Å². The molecule has 0 unspecified atom stereocenters. The van der Waals surface area contributed by atoms with Crippen molar-refractivity contribution in [3.8, 4) is 18.1 Å². The van der Waals surface area contributed by atoms with Gasteiger partial charge in [0.2, 0.25) is 0 Å². The van der Waals surface area contributed by atoms with Gasteiger partial charge in [0, 0.05) is 16.3 Å². The van der Waals surface area contributed by atoms with Crippen LogP contribution in [0.4, 0.5) is 0 Å². The number of hydrogen-bond donors (Lipinski definition) is 1. The summed E-state index contributed by atoms with van der Waals surface area (Å²) in [5, 5.41) is 11.2. The van der Waals surface area contributed by atoms with Gasteiger partial charge < -0.3 is 5.11 Å². The molecule has 0 aliphatic heterocycles. The summed E-state index contributed by atoms with van der Waals surface area (Å²) in [6.07, 6.45) is 5.33. The largest absolute Gasteiger partial charge is 0.507 e. The van der Waals surface area contributed by atoms with E-state index in [2.05, 4.69) is 5.92 Å². The van der Waals surface area contributed by atoms with Crippen molar-refractivity contribution in [3.63, 3.8) is 0 Å². The molecule has 2 rings (SSSR count). The van der Waals surface area contributed by atoms with Crippen molar-refractivity contribution in [3.05, 3.63) is 42.0 Å². The molecule has 0 saturated heterocycles. The van der Waals surface area contributed by atoms with Crippen LogP contribution in [0.25, 0.3) is 10.8 Å². The Bertz CT molecular complexity index is 492. The molecular formula is C12H8O. The van der Waals surface area contributed by atoms with Crippen molar-refractivity contribution in [2.75, 3.05) is 0 Å². The molecule has 1 nitrogen and oxygen atoms in total. The number of benzene rings is 2. The molecule has 2 aromatic rings. The fourth-order valence-electron chi connectivity index (χ4n) is 1.42. The van der Waals surface area contributed by atoms with Crippen LogP contribution in [0.15, 0.2) is 36.4 Å². The Kier molecular flexibility index (Phi) is 1.68. The minimum atomic E-state index is 0.273. The number of aromatic hydroxyl groups is 1. The lowest BCUT2D eigenvalue weighted by Crippen LogP contribution is -1.78. The maximum absolute atomic E-state index is 9.52. The van der Waals surface area contributed by atoms with Crippen LogP contribution >= 0.6 is 0 Å². The van der Waals surface area contributed by atoms with Crippen molar-refractivity contribution >= 4 is 10.8 Å². The van der Waals surface area contributed by atoms with Crippen LogP contribution in [-0.2, 0) is 0 Å². The first-order valence-corrected chi connectivity index (χ1v) is 4.00. The molecule has 1 heteroatoms. The highest BCUT2D eigenvalue weighted by atomic mass is 16.3. The van der Waals surface area contributed by atoms with Crippen LogP contribution in [0, 0.1) is 12.3 Å². The highest BCUT2D eigenvalue weighted by Crippen LogP contribution is 2.26. The summed E-state index contributed by atoms with van der Waals surface area (Å²) >= 11 is 0. The number of fused-ring (bicyclic) bond motifs is 1. The van der Waals surface area contributed by atoms with E-state index in [1.165, 1.54) is 0 Å². The van der Waals surface area contributed by atoms with Crippen molar-refractivity contribution < 1.29 is 5.11 Å². The quantitative estimate of drug-likeness (QED) is 0.599. The Morgan fingerprint density at radius 1 is 1.00 bits per heavy atom. The first-order valence-electron chi connectivity index (χ1n) is 4.00. The molecule has 1 N–H and O–H groups in total. The number of phenols is 1. The second-order valence-corrected chi connectivity index (χ2v) is 2.82. The molecule has 13 heavy (non-hydrogen) atoms. The molecule has 0 fully saturated rings. The van der Waals surface area contributed by atoms with Gasteiger partial charge in [0.25, 0.3) is 0 Å². The summed E-state index contributed by atoms with van der Waals surface area (Å²) in [6, 6.07) is 10.9. The summed E-state index contributed by atoms with van der Waals surface area (Å²) in [4.78, 5) is 0. The van der Waals surface area contributed by atoms with Crippen LogP contribution in [0.1, 0.15) is 5.56 Å². The van der Waals surface area contributed by atoms with Gasteiger partial charge >= 0.3 is 0 Å². The molecule has 0 aromatic heterocycles. The zero-order valence-corrected chi connectivity index (χ0v) is 6.99. The summed E-state index contributed by atoms with van der Waals surface area (Å²) < 4.78 is 0. The average molecular weight is 168 g/mol. The Labute approximate surface area is 76.6 Å². The zero-order valence-electron chi connectivity index (χ0n) is 6.99. The molecule has 0 heterocycles. The Hall–Kier alpha value is -1.94. The normalized spacial score (nSPS) is 9.77. The highest BCUT2D eigenvalue weighted by molar-refractivity contribution is 5.92. The maximum Gasteiger partial charge on any atom is 0.123 e. The lowest BCUT2D eigenvalue weighted by atomic mass is 10.0. The van der Waals surface area contributed by atoms with E-state index in [1.54, 1.807) is 12.1 Å². The molecule has 0 aliphatic rings. The van der Waals surface area contributed by atoms with E-state index in [0.717, 1.165) is 16.3 Å². The fraction of sp³-hybridized carbons (Fsp3) is 0. The molecule has 0 radical (unpaired) electrons. The molecule has 2 aromatic carbocycles. The van der Waals surface area contributed by atoms with Gasteiger partial charge in [0.15, 0.2) is 0 Å². The van der Waals surface area contributed by atoms with Gasteiger partial charge in [-0.25, -0.2) is 0 Å². The SMILES string of the molecule is C#Cc1cccc2c(O)cccc12. The van der Waals surface area contributed by atoms with E-state index in [9.17, 15) is 5.11 Å². The second-order valence-electron chi connectivity index (χ2n) is 2.82. The molecule has 0 atom stereocenters. The summed E-state index contributed by atoms with van der Waals surface area (Å²) in [5.41, 5.74) is 0.813. The van der Waals surface area contributed by atoms with Crippen molar-refractivity contribution in [2.24, 2.45) is 0 Å². The molecule has 0 spiro atoms. The molecule has 0 saturated carbocycles. The predicted molar refractivity (Wildman–Crippen MR) is 53.5 cm³/mol. The van der Waals surface area contributed by atoms with Gasteiger partial charge in [0.05, 0.1) is 0 Å². The Balaban J connectivity index is 2.94. The van der Waals surface area contributed by atoms with E-state index in [0.29, 0.717) is 0 Å². The standard InChI is InChI=1S/C12H8O/c1-2-9-5-3-7-11-10(9)6-4-8-12(11)13/h1,3-8,13H. The monoisotopic (exact) mass is 168 g/mol. The van der Waals surface area contributed by atoms with Gasteiger partial charge in [-0.3, -0.25) is 0 Å². The minimum Gasteiger partial charge on any atom is -0.507 e. The van der Waals surface area contributed by atoms with Gasteiger partial charge in [-0.1, -0.05) is 30.2 Å². The molecule has 0 amide bonds. The second kappa shape index (κ2) is 2.84. The van der Waals surface area contributed by atoms with Crippen LogP contribution in [0.2, 0.25) is 0 Å². The van der Waals surface area contributed by atoms with E-state index < -0.39 is 0 Å². The summed E-state index contributed by atoms with van der Waals surface area (Å²) in [6.45, 7) is 0. The number of terminal acetylenes is 1. The maximum atomic E-state index is 9.52. The average Bonchev–Trinajstić information content (AvgIpc) is 2.18. The number of hydrogen-bond acceptors (Lipinski definition) is 1. The van der Waals surface area contributed by atoms with Crippen molar-refractivity contribution in [1.82, 2.24) is 0 Å². The lowest BCUT2D eigenvalue weighted by Gasteiger charge is -2.01. The third-order valence-corrected chi connectivity index (χ3v) is 2.05. The van der Waals surface area contributed by atoms with Crippen LogP contribution in [0.3, 0.4) is 0 Å². The number of rotatable bonds is 0. The Morgan fingerprint density at radius 3 is 2.46 bits per heavy atom. The highest BCUT2D eigenvalue weighted by Gasteiger charge is 2.00. The smallest absolute Gasteiger partial charge is 0.123 e. The third-order valence-electron chi connectivity index (χ3n) is 2.05. The van der Waals surface area contributed by atoms with E-state index >= 15 is 0 Å². The van der Waals surface area contributed by atoms with Crippen LogP contribution in [0.5, 0.6) is 5.75 Å². The molecule has 0 bridgehead atoms. The predicted octanol–water partition coefficient (Wildman–Crippen LogP) is 2.53. The van der Waals surface area contributed by atoms with E-state index in [4.69, 9.17) is 6.42 Å². The third kappa shape index (κ3) is 1.13. The van der Waals surface area contributed by atoms with E-state index in [-0.39, 0.29) is 5.75 Å². The van der Waals surface area contributed by atoms with Crippen LogP contribution in [-0.4, -0.2) is 5.11 Å². The van der Waals surface area contributed by atoms with Crippen molar-refractivity contribution in [1.29, 1.82) is 0 Å². The lowest BCUT2D eigenvalue weighted by molar-refractivity contribution is 0.481. The zero-order chi connectivity index (χ0) is 9.26. The number of phenolic OH excluding ortho intramolecular Hbond substituents is 1. The first kappa shape index (κ1) is 7.70. The fourth-order valence-corrected chi connectivity index (χ4v) is 1.42. The van der Waals surface area contributed by atoms with Gasteiger partial charge in [-0.15, -0.1) is 6.42 Å². The van der Waals surface area contributed by atoms with Gasteiger partial charge in [-0.05, 0) is 12.1 Å². The Morgan fingerprint density at radius 2 is 1.69 bits per heavy atom.